The van der Waals surface area contributed by atoms with Gasteiger partial charge in [0.2, 0.25) is 0 Å². The van der Waals surface area contributed by atoms with Crippen molar-refractivity contribution in [3.63, 3.8) is 0 Å². The highest BCUT2D eigenvalue weighted by Gasteiger charge is 2.24. The minimum absolute atomic E-state index is 0.538. The first-order chi connectivity index (χ1) is 12.2. The van der Waals surface area contributed by atoms with Crippen LogP contribution in [-0.2, 0) is 11.3 Å². The first kappa shape index (κ1) is 16.3. The van der Waals surface area contributed by atoms with E-state index in [9.17, 15) is 0 Å². The minimum atomic E-state index is 0.538. The maximum Gasteiger partial charge on any atom is 0.136 e. The summed E-state index contributed by atoms with van der Waals surface area (Å²) >= 11 is 1.68. The van der Waals surface area contributed by atoms with Crippen LogP contribution < -0.4 is 4.74 Å². The average molecular weight is 352 g/mol. The summed E-state index contributed by atoms with van der Waals surface area (Å²) < 4.78 is 11.9. The molecule has 0 fully saturated rings. The molecule has 4 rings (SSSR count). The van der Waals surface area contributed by atoms with Crippen molar-refractivity contribution >= 4 is 11.3 Å². The summed E-state index contributed by atoms with van der Waals surface area (Å²) in [6.45, 7) is 2.15. The molecule has 1 aliphatic rings. The Labute approximate surface area is 151 Å². The Morgan fingerprint density at radius 2 is 1.68 bits per heavy atom. The van der Waals surface area contributed by atoms with Gasteiger partial charge in [-0.25, -0.2) is 4.98 Å². The molecule has 0 spiro atoms. The molecule has 0 amide bonds. The van der Waals surface area contributed by atoms with Gasteiger partial charge in [0.1, 0.15) is 16.5 Å². The lowest BCUT2D eigenvalue weighted by atomic mass is 10.1. The molecule has 0 radical (unpaired) electrons. The first-order valence-electron chi connectivity index (χ1n) is 8.31. The van der Waals surface area contributed by atoms with Crippen molar-refractivity contribution in [2.75, 3.05) is 27.2 Å². The van der Waals surface area contributed by atoms with Gasteiger partial charge in [-0.1, -0.05) is 24.3 Å². The zero-order valence-electron chi connectivity index (χ0n) is 14.4. The van der Waals surface area contributed by atoms with Crippen molar-refractivity contribution < 1.29 is 9.47 Å². The van der Waals surface area contributed by atoms with E-state index in [1.807, 2.05) is 50.5 Å². The number of hydrogen-bond donors (Lipinski definition) is 0. The van der Waals surface area contributed by atoms with E-state index in [1.165, 1.54) is 0 Å². The summed E-state index contributed by atoms with van der Waals surface area (Å²) in [5, 5.41) is 0.996. The first-order valence-corrected chi connectivity index (χ1v) is 9.13. The number of aromatic nitrogens is 1. The van der Waals surface area contributed by atoms with Crippen LogP contribution in [0, 0.1) is 0 Å². The molecule has 3 aromatic rings. The molecule has 5 heteroatoms. The van der Waals surface area contributed by atoms with Crippen molar-refractivity contribution in [2.24, 2.45) is 0 Å². The summed E-state index contributed by atoms with van der Waals surface area (Å²) in [6, 6.07) is 16.2. The fourth-order valence-electron chi connectivity index (χ4n) is 2.81. The predicted octanol–water partition coefficient (Wildman–Crippen LogP) is 4.66. The molecule has 2 heterocycles. The smallest absolute Gasteiger partial charge is 0.136 e. The Bertz CT molecular complexity index is 826. The molecule has 2 aromatic carbocycles. The lowest BCUT2D eigenvalue weighted by molar-refractivity contribution is 0.105. The molecule has 1 aliphatic heterocycles. The molecule has 0 unspecified atom stereocenters. The standard InChI is InChI=1S/C20H20N2O2S/c1-22(2)11-12-23-13-18-21-19-14-7-3-5-9-16(14)24-17-10-6-4-8-15(17)20(19)25-18/h3-10H,11-13H2,1-2H3. The minimum Gasteiger partial charge on any atom is -0.456 e. The molecule has 0 saturated carbocycles. The van der Waals surface area contributed by atoms with E-state index in [0.29, 0.717) is 13.2 Å². The number of thiazole rings is 1. The van der Waals surface area contributed by atoms with Crippen LogP contribution in [0.2, 0.25) is 0 Å². The van der Waals surface area contributed by atoms with Crippen molar-refractivity contribution in [3.8, 4) is 33.2 Å². The third-order valence-electron chi connectivity index (χ3n) is 4.07. The number of para-hydroxylation sites is 2. The van der Waals surface area contributed by atoms with Gasteiger partial charge < -0.3 is 14.4 Å². The van der Waals surface area contributed by atoms with Crippen molar-refractivity contribution in [3.05, 3.63) is 53.5 Å². The van der Waals surface area contributed by atoms with E-state index in [0.717, 1.165) is 44.7 Å². The van der Waals surface area contributed by atoms with E-state index < -0.39 is 0 Å². The Balaban J connectivity index is 1.71. The van der Waals surface area contributed by atoms with Crippen molar-refractivity contribution in [1.82, 2.24) is 9.88 Å². The van der Waals surface area contributed by atoms with Gasteiger partial charge in [-0.05, 0) is 38.4 Å². The van der Waals surface area contributed by atoms with Gasteiger partial charge in [-0.15, -0.1) is 11.3 Å². The molecule has 0 saturated heterocycles. The normalized spacial score (nSPS) is 12.1. The molecule has 0 bridgehead atoms. The van der Waals surface area contributed by atoms with Gasteiger partial charge in [-0.3, -0.25) is 0 Å². The maximum atomic E-state index is 6.14. The number of hydrogen-bond acceptors (Lipinski definition) is 5. The van der Waals surface area contributed by atoms with E-state index in [1.54, 1.807) is 11.3 Å². The van der Waals surface area contributed by atoms with Crippen LogP contribution in [0.5, 0.6) is 11.5 Å². The second-order valence-corrected chi connectivity index (χ2v) is 7.32. The predicted molar refractivity (Wildman–Crippen MR) is 101 cm³/mol. The third kappa shape index (κ3) is 3.31. The highest BCUT2D eigenvalue weighted by molar-refractivity contribution is 7.15. The molecule has 0 N–H and O–H groups in total. The van der Waals surface area contributed by atoms with Gasteiger partial charge in [0.05, 0.1) is 23.8 Å². The summed E-state index contributed by atoms with van der Waals surface area (Å²) in [4.78, 5) is 8.12. The highest BCUT2D eigenvalue weighted by atomic mass is 32.1. The monoisotopic (exact) mass is 352 g/mol. The second-order valence-electron chi connectivity index (χ2n) is 6.24. The zero-order chi connectivity index (χ0) is 17.2. The SMILES string of the molecule is CN(C)CCOCc1nc2c(s1)-c1ccccc1Oc1ccccc1-2. The summed E-state index contributed by atoms with van der Waals surface area (Å²) in [6.07, 6.45) is 0. The van der Waals surface area contributed by atoms with Gasteiger partial charge in [0.25, 0.3) is 0 Å². The van der Waals surface area contributed by atoms with Crippen molar-refractivity contribution in [1.29, 1.82) is 0 Å². The van der Waals surface area contributed by atoms with Gasteiger partial charge in [0.15, 0.2) is 0 Å². The van der Waals surface area contributed by atoms with Crippen LogP contribution in [-0.4, -0.2) is 37.1 Å². The number of ether oxygens (including phenoxy) is 2. The number of benzene rings is 2. The number of likely N-dealkylation sites (N-methyl/N-ethyl adjacent to an activating group) is 1. The largest absolute Gasteiger partial charge is 0.456 e. The second kappa shape index (κ2) is 6.96. The van der Waals surface area contributed by atoms with Crippen LogP contribution in [0.1, 0.15) is 5.01 Å². The van der Waals surface area contributed by atoms with Crippen LogP contribution in [0.15, 0.2) is 48.5 Å². The van der Waals surface area contributed by atoms with Crippen LogP contribution >= 0.6 is 11.3 Å². The van der Waals surface area contributed by atoms with E-state index >= 15 is 0 Å². The molecule has 0 atom stereocenters. The van der Waals surface area contributed by atoms with E-state index in [4.69, 9.17) is 14.5 Å². The van der Waals surface area contributed by atoms with Crippen molar-refractivity contribution in [2.45, 2.75) is 6.61 Å². The Morgan fingerprint density at radius 3 is 2.44 bits per heavy atom. The number of fused-ring (bicyclic) bond motifs is 5. The van der Waals surface area contributed by atoms with Gasteiger partial charge >= 0.3 is 0 Å². The molecule has 128 valence electrons. The third-order valence-corrected chi connectivity index (χ3v) is 5.14. The Morgan fingerprint density at radius 1 is 1.00 bits per heavy atom. The average Bonchev–Trinajstić information content (AvgIpc) is 2.98. The molecular formula is C20H20N2O2S. The fourth-order valence-corrected chi connectivity index (χ4v) is 3.86. The van der Waals surface area contributed by atoms with Crippen LogP contribution in [0.25, 0.3) is 21.7 Å². The van der Waals surface area contributed by atoms with Gasteiger partial charge in [-0.2, -0.15) is 0 Å². The lowest BCUT2D eigenvalue weighted by Crippen LogP contribution is -2.17. The van der Waals surface area contributed by atoms with Crippen LogP contribution in [0.3, 0.4) is 0 Å². The topological polar surface area (TPSA) is 34.6 Å². The highest BCUT2D eigenvalue weighted by Crippen LogP contribution is 2.48. The Kier molecular flexibility index (Phi) is 4.53. The van der Waals surface area contributed by atoms with Crippen LogP contribution in [0.4, 0.5) is 0 Å². The summed E-state index contributed by atoms with van der Waals surface area (Å²) in [7, 11) is 4.09. The zero-order valence-corrected chi connectivity index (χ0v) is 15.2. The molecule has 25 heavy (non-hydrogen) atoms. The molecule has 0 aliphatic carbocycles. The Hall–Kier alpha value is -2.21. The van der Waals surface area contributed by atoms with E-state index in [-0.39, 0.29) is 0 Å². The summed E-state index contributed by atoms with van der Waals surface area (Å²) in [5.41, 5.74) is 3.10. The van der Waals surface area contributed by atoms with Gasteiger partial charge in [0, 0.05) is 17.7 Å². The quantitative estimate of drug-likeness (QED) is 0.489. The summed E-state index contributed by atoms with van der Waals surface area (Å²) in [5.74, 6) is 1.72. The number of nitrogens with zero attached hydrogens (tertiary/aromatic N) is 2. The maximum absolute atomic E-state index is 6.14. The lowest BCUT2D eigenvalue weighted by Gasteiger charge is -2.09. The molecule has 1 aromatic heterocycles. The fraction of sp³-hybridized carbons (Fsp3) is 0.250. The molecule has 4 nitrogen and oxygen atoms in total. The number of rotatable bonds is 5. The van der Waals surface area contributed by atoms with E-state index in [2.05, 4.69) is 17.0 Å². The molecular weight excluding hydrogens is 332 g/mol.